The number of nitrogens with zero attached hydrogens (tertiary/aromatic N) is 3. The van der Waals surface area contributed by atoms with Crippen molar-refractivity contribution < 1.29 is 4.79 Å². The lowest BCUT2D eigenvalue weighted by atomic mass is 10.2. The van der Waals surface area contributed by atoms with Crippen LogP contribution in [-0.2, 0) is 0 Å². The Hall–Kier alpha value is -1.57. The van der Waals surface area contributed by atoms with Crippen LogP contribution >= 0.6 is 11.6 Å². The molecular weight excluding hydrogens is 250 g/mol. The molecule has 0 atom stereocenters. The molecule has 1 amide bonds. The standard InChI is InChI=1S/C13H14ClN3O/c14-12-4-2-1-3-11(12)13(18)17-9-7-16(6-5-15)8-10-17/h1-4H,6-10H2. The molecule has 4 nitrogen and oxygen atoms in total. The van der Waals surface area contributed by atoms with E-state index in [9.17, 15) is 4.79 Å². The molecule has 2 rings (SSSR count). The number of piperazine rings is 1. The molecule has 0 aromatic heterocycles. The first-order chi connectivity index (χ1) is 8.72. The van der Waals surface area contributed by atoms with Gasteiger partial charge in [0, 0.05) is 26.2 Å². The van der Waals surface area contributed by atoms with Gasteiger partial charge in [-0.15, -0.1) is 0 Å². The fourth-order valence-corrected chi connectivity index (χ4v) is 2.23. The van der Waals surface area contributed by atoms with Crippen LogP contribution in [0.1, 0.15) is 10.4 Å². The van der Waals surface area contributed by atoms with Crippen LogP contribution in [0, 0.1) is 11.3 Å². The number of halogens is 1. The van der Waals surface area contributed by atoms with Gasteiger partial charge in [-0.05, 0) is 12.1 Å². The van der Waals surface area contributed by atoms with E-state index in [0.29, 0.717) is 30.2 Å². The van der Waals surface area contributed by atoms with Gasteiger partial charge in [0.25, 0.3) is 5.91 Å². The van der Waals surface area contributed by atoms with E-state index in [4.69, 9.17) is 16.9 Å². The van der Waals surface area contributed by atoms with Gasteiger partial charge in [-0.1, -0.05) is 23.7 Å². The molecule has 1 aromatic carbocycles. The number of nitriles is 1. The molecule has 5 heteroatoms. The second-order valence-electron chi connectivity index (χ2n) is 4.21. The maximum absolute atomic E-state index is 12.2. The van der Waals surface area contributed by atoms with Crippen molar-refractivity contribution in [3.63, 3.8) is 0 Å². The van der Waals surface area contributed by atoms with E-state index in [-0.39, 0.29) is 5.91 Å². The molecular formula is C13H14ClN3O. The number of hydrogen-bond acceptors (Lipinski definition) is 3. The van der Waals surface area contributed by atoms with Crippen molar-refractivity contribution in [1.29, 1.82) is 5.26 Å². The average Bonchev–Trinajstić information content (AvgIpc) is 2.40. The molecule has 1 aliphatic rings. The van der Waals surface area contributed by atoms with Crippen molar-refractivity contribution >= 4 is 17.5 Å². The molecule has 1 aliphatic heterocycles. The third-order valence-corrected chi connectivity index (χ3v) is 3.39. The lowest BCUT2D eigenvalue weighted by Crippen LogP contribution is -2.48. The molecule has 0 spiro atoms. The van der Waals surface area contributed by atoms with E-state index in [0.717, 1.165) is 13.1 Å². The lowest BCUT2D eigenvalue weighted by molar-refractivity contribution is 0.0652. The minimum absolute atomic E-state index is 0.0304. The van der Waals surface area contributed by atoms with Crippen molar-refractivity contribution in [3.8, 4) is 6.07 Å². The Labute approximate surface area is 111 Å². The van der Waals surface area contributed by atoms with Crippen LogP contribution < -0.4 is 0 Å². The van der Waals surface area contributed by atoms with Gasteiger partial charge in [0.1, 0.15) is 0 Å². The van der Waals surface area contributed by atoms with E-state index >= 15 is 0 Å². The van der Waals surface area contributed by atoms with E-state index in [1.807, 2.05) is 17.0 Å². The van der Waals surface area contributed by atoms with Crippen LogP contribution in [0.2, 0.25) is 5.02 Å². The Balaban J connectivity index is 2.00. The van der Waals surface area contributed by atoms with E-state index in [1.165, 1.54) is 0 Å². The van der Waals surface area contributed by atoms with E-state index in [2.05, 4.69) is 6.07 Å². The van der Waals surface area contributed by atoms with Crippen molar-refractivity contribution in [2.45, 2.75) is 0 Å². The van der Waals surface area contributed by atoms with Gasteiger partial charge in [-0.2, -0.15) is 5.26 Å². The zero-order valence-electron chi connectivity index (χ0n) is 9.97. The van der Waals surface area contributed by atoms with E-state index in [1.54, 1.807) is 17.0 Å². The first-order valence-corrected chi connectivity index (χ1v) is 6.23. The Morgan fingerprint density at radius 2 is 1.94 bits per heavy atom. The molecule has 1 fully saturated rings. The van der Waals surface area contributed by atoms with Gasteiger partial charge >= 0.3 is 0 Å². The van der Waals surface area contributed by atoms with Crippen LogP contribution in [0.3, 0.4) is 0 Å². The second kappa shape index (κ2) is 5.85. The number of carbonyl (C=O) groups excluding carboxylic acids is 1. The van der Waals surface area contributed by atoms with Crippen molar-refractivity contribution in [2.24, 2.45) is 0 Å². The summed E-state index contributed by atoms with van der Waals surface area (Å²) in [7, 11) is 0. The minimum Gasteiger partial charge on any atom is -0.336 e. The summed E-state index contributed by atoms with van der Waals surface area (Å²) in [6.45, 7) is 3.19. The van der Waals surface area contributed by atoms with Gasteiger partial charge in [-0.3, -0.25) is 9.69 Å². The summed E-state index contributed by atoms with van der Waals surface area (Å²) < 4.78 is 0. The highest BCUT2D eigenvalue weighted by molar-refractivity contribution is 6.33. The van der Waals surface area contributed by atoms with Crippen molar-refractivity contribution in [1.82, 2.24) is 9.80 Å². The third kappa shape index (κ3) is 2.81. The maximum Gasteiger partial charge on any atom is 0.255 e. The summed E-state index contributed by atoms with van der Waals surface area (Å²) in [4.78, 5) is 16.1. The molecule has 0 radical (unpaired) electrons. The molecule has 1 aromatic rings. The zero-order chi connectivity index (χ0) is 13.0. The topological polar surface area (TPSA) is 47.3 Å². The maximum atomic E-state index is 12.2. The highest BCUT2D eigenvalue weighted by Gasteiger charge is 2.22. The first kappa shape index (κ1) is 12.9. The number of benzene rings is 1. The van der Waals surface area contributed by atoms with Gasteiger partial charge in [0.2, 0.25) is 0 Å². The fraction of sp³-hybridized carbons (Fsp3) is 0.385. The van der Waals surface area contributed by atoms with Gasteiger partial charge in [0.15, 0.2) is 0 Å². The quantitative estimate of drug-likeness (QED) is 0.762. The summed E-state index contributed by atoms with van der Waals surface area (Å²) in [5.41, 5.74) is 0.549. The molecule has 1 saturated heterocycles. The molecule has 0 aliphatic carbocycles. The highest BCUT2D eigenvalue weighted by atomic mass is 35.5. The number of carbonyl (C=O) groups is 1. The Morgan fingerprint density at radius 1 is 1.28 bits per heavy atom. The van der Waals surface area contributed by atoms with Crippen molar-refractivity contribution in [3.05, 3.63) is 34.9 Å². The molecule has 0 unspecified atom stereocenters. The largest absolute Gasteiger partial charge is 0.336 e. The molecule has 94 valence electrons. The third-order valence-electron chi connectivity index (χ3n) is 3.06. The van der Waals surface area contributed by atoms with Crippen LogP contribution in [0.4, 0.5) is 0 Å². The second-order valence-corrected chi connectivity index (χ2v) is 4.61. The van der Waals surface area contributed by atoms with Crippen LogP contribution in [0.5, 0.6) is 0 Å². The summed E-state index contributed by atoms with van der Waals surface area (Å²) in [5.74, 6) is -0.0304. The van der Waals surface area contributed by atoms with Crippen molar-refractivity contribution in [2.75, 3.05) is 32.7 Å². The summed E-state index contributed by atoms with van der Waals surface area (Å²) >= 11 is 6.02. The molecule has 0 saturated carbocycles. The Morgan fingerprint density at radius 3 is 2.56 bits per heavy atom. The molecule has 0 bridgehead atoms. The van der Waals surface area contributed by atoms with Gasteiger partial charge in [-0.25, -0.2) is 0 Å². The minimum atomic E-state index is -0.0304. The predicted octanol–water partition coefficient (Wildman–Crippen LogP) is 1.62. The summed E-state index contributed by atoms with van der Waals surface area (Å²) in [5, 5.41) is 9.11. The predicted molar refractivity (Wildman–Crippen MR) is 69.4 cm³/mol. The molecule has 18 heavy (non-hydrogen) atoms. The SMILES string of the molecule is N#CCN1CCN(C(=O)c2ccccc2Cl)CC1. The van der Waals surface area contributed by atoms with Crippen LogP contribution in [0.15, 0.2) is 24.3 Å². The highest BCUT2D eigenvalue weighted by Crippen LogP contribution is 2.17. The fourth-order valence-electron chi connectivity index (χ4n) is 2.01. The normalized spacial score (nSPS) is 16.3. The molecule has 1 heterocycles. The first-order valence-electron chi connectivity index (χ1n) is 5.85. The lowest BCUT2D eigenvalue weighted by Gasteiger charge is -2.33. The zero-order valence-corrected chi connectivity index (χ0v) is 10.7. The smallest absolute Gasteiger partial charge is 0.255 e. The Bertz CT molecular complexity index is 475. The van der Waals surface area contributed by atoms with E-state index < -0.39 is 0 Å². The van der Waals surface area contributed by atoms with Crippen LogP contribution in [-0.4, -0.2) is 48.4 Å². The monoisotopic (exact) mass is 263 g/mol. The van der Waals surface area contributed by atoms with Crippen LogP contribution in [0.25, 0.3) is 0 Å². The number of amides is 1. The summed E-state index contributed by atoms with van der Waals surface area (Å²) in [6, 6.07) is 9.21. The van der Waals surface area contributed by atoms with Gasteiger partial charge < -0.3 is 4.90 Å². The summed E-state index contributed by atoms with van der Waals surface area (Å²) in [6.07, 6.45) is 0. The number of hydrogen-bond donors (Lipinski definition) is 0. The van der Waals surface area contributed by atoms with Gasteiger partial charge in [0.05, 0.1) is 23.2 Å². The molecule has 0 N–H and O–H groups in total. The number of rotatable bonds is 2. The Kier molecular flexibility index (Phi) is 4.19. The average molecular weight is 264 g/mol.